The first-order valence-corrected chi connectivity index (χ1v) is 12.8. The molecule has 3 fully saturated rings. The largest absolute Gasteiger partial charge is 0.195 e. The number of rotatable bonds is 13. The van der Waals surface area contributed by atoms with Gasteiger partial charge in [-0.2, -0.15) is 4.99 Å². The molecule has 1 nitrogen and oxygen atoms in total. The summed E-state index contributed by atoms with van der Waals surface area (Å²) in [5.74, 6) is 0. The maximum absolute atomic E-state index is 4.69. The lowest BCUT2D eigenvalue weighted by molar-refractivity contribution is -0.0205. The maximum atomic E-state index is 4.69. The van der Waals surface area contributed by atoms with Gasteiger partial charge < -0.3 is 0 Å². The molecule has 0 radical (unpaired) electrons. The first-order valence-electron chi connectivity index (χ1n) is 12.4. The smallest absolute Gasteiger partial charge is 0.0739 e. The highest BCUT2D eigenvalue weighted by Gasteiger charge is 2.47. The van der Waals surface area contributed by atoms with Gasteiger partial charge in [0.25, 0.3) is 0 Å². The Kier molecular flexibility index (Phi) is 8.94. The molecule has 2 heteroatoms. The van der Waals surface area contributed by atoms with Crippen LogP contribution in [0, 0.1) is 10.8 Å². The van der Waals surface area contributed by atoms with Crippen LogP contribution in [-0.2, 0) is 6.42 Å². The van der Waals surface area contributed by atoms with Crippen molar-refractivity contribution in [1.82, 2.24) is 0 Å². The third kappa shape index (κ3) is 6.76. The molecular formula is C27H41NS. The Hall–Kier alpha value is -0.980. The second-order valence-corrected chi connectivity index (χ2v) is 10.3. The Bertz CT molecular complexity index is 631. The Morgan fingerprint density at radius 3 is 1.83 bits per heavy atom. The number of fused-ring (bicyclic) bond motifs is 3. The molecular weight excluding hydrogens is 370 g/mol. The van der Waals surface area contributed by atoms with Crippen LogP contribution in [0.2, 0.25) is 0 Å². The van der Waals surface area contributed by atoms with Crippen LogP contribution in [0.25, 0.3) is 0 Å². The summed E-state index contributed by atoms with van der Waals surface area (Å²) in [6.45, 7) is 2.30. The molecule has 29 heavy (non-hydrogen) atoms. The van der Waals surface area contributed by atoms with E-state index in [2.05, 4.69) is 53.6 Å². The number of hydrogen-bond acceptors (Lipinski definition) is 2. The van der Waals surface area contributed by atoms with Crippen LogP contribution in [0.5, 0.6) is 0 Å². The van der Waals surface area contributed by atoms with E-state index in [9.17, 15) is 0 Å². The zero-order valence-electron chi connectivity index (χ0n) is 18.7. The van der Waals surface area contributed by atoms with Crippen molar-refractivity contribution in [3.63, 3.8) is 0 Å². The lowest BCUT2D eigenvalue weighted by Crippen LogP contribution is -2.41. The monoisotopic (exact) mass is 411 g/mol. The lowest BCUT2D eigenvalue weighted by Gasteiger charge is -2.54. The zero-order valence-corrected chi connectivity index (χ0v) is 19.5. The summed E-state index contributed by atoms with van der Waals surface area (Å²) in [5, 5.41) is 2.45. The molecule has 2 bridgehead atoms. The molecule has 160 valence electrons. The van der Waals surface area contributed by atoms with E-state index < -0.39 is 0 Å². The molecule has 3 aliphatic carbocycles. The molecule has 1 aromatic carbocycles. The molecule has 0 atom stereocenters. The number of hydrogen-bond donors (Lipinski definition) is 0. The van der Waals surface area contributed by atoms with Gasteiger partial charge in [0, 0.05) is 0 Å². The third-order valence-electron chi connectivity index (χ3n) is 8.17. The molecule has 0 heterocycles. The van der Waals surface area contributed by atoms with Crippen LogP contribution in [0.3, 0.4) is 0 Å². The molecule has 3 aliphatic rings. The highest BCUT2D eigenvalue weighted by atomic mass is 32.1. The summed E-state index contributed by atoms with van der Waals surface area (Å²) in [5.41, 5.74) is 3.74. The van der Waals surface area contributed by atoms with Crippen LogP contribution < -0.4 is 0 Å². The van der Waals surface area contributed by atoms with Crippen molar-refractivity contribution >= 4 is 23.1 Å². The summed E-state index contributed by atoms with van der Waals surface area (Å²) in [6.07, 6.45) is 24.7. The predicted molar refractivity (Wildman–Crippen MR) is 129 cm³/mol. The summed E-state index contributed by atoms with van der Waals surface area (Å²) >= 11 is 4.69. The van der Waals surface area contributed by atoms with E-state index in [1.54, 1.807) is 0 Å². The SMILES string of the molecule is CCCCCCCCCCC12CCC(CCc3ccc(N=C=S)cc3)(CC1)CC2. The van der Waals surface area contributed by atoms with Gasteiger partial charge in [-0.3, -0.25) is 0 Å². The molecule has 0 amide bonds. The van der Waals surface area contributed by atoms with Gasteiger partial charge in [-0.05, 0) is 98.5 Å². The van der Waals surface area contributed by atoms with Gasteiger partial charge in [0.15, 0.2) is 0 Å². The van der Waals surface area contributed by atoms with Crippen molar-refractivity contribution in [3.8, 4) is 0 Å². The summed E-state index contributed by atoms with van der Waals surface area (Å²) in [6, 6.07) is 8.59. The molecule has 3 saturated carbocycles. The highest BCUT2D eigenvalue weighted by molar-refractivity contribution is 7.78. The van der Waals surface area contributed by atoms with Crippen molar-refractivity contribution in [3.05, 3.63) is 29.8 Å². The molecule has 0 unspecified atom stereocenters. The minimum absolute atomic E-state index is 0.645. The second-order valence-electron chi connectivity index (χ2n) is 10.1. The van der Waals surface area contributed by atoms with Gasteiger partial charge in [0.2, 0.25) is 0 Å². The number of aliphatic imine (C=N–C) groups is 1. The first kappa shape index (κ1) is 22.7. The zero-order chi connectivity index (χ0) is 20.4. The number of aryl methyl sites for hydroxylation is 1. The molecule has 1 aromatic rings. The average molecular weight is 412 g/mol. The van der Waals surface area contributed by atoms with E-state index in [0.29, 0.717) is 5.41 Å². The Morgan fingerprint density at radius 2 is 1.28 bits per heavy atom. The van der Waals surface area contributed by atoms with E-state index in [0.717, 1.165) is 11.1 Å². The normalized spacial score (nSPS) is 25.7. The topological polar surface area (TPSA) is 12.4 Å². The molecule has 4 rings (SSSR count). The van der Waals surface area contributed by atoms with Gasteiger partial charge in [0.1, 0.15) is 0 Å². The van der Waals surface area contributed by atoms with Gasteiger partial charge in [-0.25, -0.2) is 0 Å². The van der Waals surface area contributed by atoms with Crippen molar-refractivity contribution in [2.75, 3.05) is 0 Å². The first-order chi connectivity index (χ1) is 14.2. The second kappa shape index (κ2) is 11.4. The molecule has 0 aromatic heterocycles. The Balaban J connectivity index is 1.35. The predicted octanol–water partition coefficient (Wildman–Crippen LogP) is 9.22. The fourth-order valence-corrected chi connectivity index (χ4v) is 6.03. The Labute approximate surface area is 184 Å². The number of benzene rings is 1. The summed E-state index contributed by atoms with van der Waals surface area (Å²) < 4.78 is 0. The van der Waals surface area contributed by atoms with Crippen LogP contribution in [-0.4, -0.2) is 5.16 Å². The summed E-state index contributed by atoms with van der Waals surface area (Å²) in [7, 11) is 0. The minimum atomic E-state index is 0.645. The van der Waals surface area contributed by atoms with E-state index >= 15 is 0 Å². The molecule has 0 spiro atoms. The standard InChI is InChI=1S/C27H41NS/c1-2-3-4-5-6-7-8-9-15-26-17-20-27(21-18-26,22-19-26)16-14-24-10-12-25(13-11-24)28-23-29/h10-13H,2-9,14-22H2,1H3. The molecule has 0 N–H and O–H groups in total. The van der Waals surface area contributed by atoms with Gasteiger partial charge >= 0.3 is 0 Å². The summed E-state index contributed by atoms with van der Waals surface area (Å²) in [4.78, 5) is 4.06. The number of unbranched alkanes of at least 4 members (excludes halogenated alkanes) is 7. The van der Waals surface area contributed by atoms with Crippen molar-refractivity contribution in [2.24, 2.45) is 15.8 Å². The third-order valence-corrected chi connectivity index (χ3v) is 8.26. The van der Waals surface area contributed by atoms with Crippen molar-refractivity contribution in [1.29, 1.82) is 0 Å². The quantitative estimate of drug-likeness (QED) is 0.179. The van der Waals surface area contributed by atoms with Crippen LogP contribution in [0.4, 0.5) is 5.69 Å². The van der Waals surface area contributed by atoms with Crippen LogP contribution in [0.15, 0.2) is 29.3 Å². The van der Waals surface area contributed by atoms with E-state index in [-0.39, 0.29) is 0 Å². The molecule has 0 aliphatic heterocycles. The number of isothiocyanates is 1. The lowest BCUT2D eigenvalue weighted by atomic mass is 9.51. The minimum Gasteiger partial charge on any atom is -0.195 e. The average Bonchev–Trinajstić information content (AvgIpc) is 2.77. The van der Waals surface area contributed by atoms with Crippen molar-refractivity contribution in [2.45, 2.75) is 116 Å². The van der Waals surface area contributed by atoms with E-state index in [1.165, 1.54) is 115 Å². The number of nitrogens with zero attached hydrogens (tertiary/aromatic N) is 1. The highest BCUT2D eigenvalue weighted by Crippen LogP contribution is 2.60. The maximum Gasteiger partial charge on any atom is 0.0739 e. The molecule has 0 saturated heterocycles. The number of thiocarbonyl (C=S) groups is 1. The van der Waals surface area contributed by atoms with Crippen LogP contribution >= 0.6 is 12.2 Å². The van der Waals surface area contributed by atoms with Gasteiger partial charge in [0.05, 0.1) is 10.8 Å². The van der Waals surface area contributed by atoms with Crippen LogP contribution in [0.1, 0.15) is 115 Å². The fourth-order valence-electron chi connectivity index (χ4n) is 5.92. The van der Waals surface area contributed by atoms with E-state index in [4.69, 9.17) is 0 Å². The van der Waals surface area contributed by atoms with E-state index in [1.807, 2.05) is 0 Å². The Morgan fingerprint density at radius 1 is 0.759 bits per heavy atom. The van der Waals surface area contributed by atoms with Crippen molar-refractivity contribution < 1.29 is 0 Å². The fraction of sp³-hybridized carbons (Fsp3) is 0.741. The van der Waals surface area contributed by atoms with Gasteiger partial charge in [-0.15, -0.1) is 0 Å². The van der Waals surface area contributed by atoms with Gasteiger partial charge in [-0.1, -0.05) is 70.4 Å².